The van der Waals surface area contributed by atoms with Crippen LogP contribution < -0.4 is 15.4 Å². The van der Waals surface area contributed by atoms with Crippen LogP contribution in [0.25, 0.3) is 0 Å². The number of carbonyl (C=O) groups is 1. The average Bonchev–Trinajstić information content (AvgIpc) is 2.98. The number of alkyl halides is 2. The predicted molar refractivity (Wildman–Crippen MR) is 82.1 cm³/mol. The summed E-state index contributed by atoms with van der Waals surface area (Å²) in [6.45, 7) is -0.729. The molecule has 2 heterocycles. The largest absolute Gasteiger partial charge is 0.433 e. The summed E-state index contributed by atoms with van der Waals surface area (Å²) in [4.78, 5) is 16.3. The number of fused-ring (bicyclic) bond motifs is 1. The Balaban J connectivity index is 1.65. The Morgan fingerprint density at radius 2 is 2.29 bits per heavy atom. The second-order valence-corrected chi connectivity index (χ2v) is 5.52. The highest BCUT2D eigenvalue weighted by molar-refractivity contribution is 5.92. The van der Waals surface area contributed by atoms with Crippen molar-refractivity contribution >= 4 is 11.7 Å². The Labute approximate surface area is 137 Å². The van der Waals surface area contributed by atoms with Crippen LogP contribution >= 0.6 is 0 Å². The number of halogens is 2. The molecule has 0 unspecified atom stereocenters. The highest BCUT2D eigenvalue weighted by atomic mass is 19.3. The number of carbonyl (C=O) groups excluding carboxylic acids is 1. The minimum absolute atomic E-state index is 0.0673. The third kappa shape index (κ3) is 3.61. The molecule has 0 saturated heterocycles. The third-order valence-electron chi connectivity index (χ3n) is 3.83. The smallest absolute Gasteiger partial charge is 0.387 e. The normalized spacial score (nSPS) is 16.6. The Kier molecular flexibility index (Phi) is 4.59. The lowest BCUT2D eigenvalue weighted by molar-refractivity contribution is -0.0493. The third-order valence-corrected chi connectivity index (χ3v) is 3.83. The lowest BCUT2D eigenvalue weighted by atomic mass is 10.1. The molecular formula is C15H17F2N5O2. The van der Waals surface area contributed by atoms with Crippen LogP contribution in [0.2, 0.25) is 0 Å². The molecule has 128 valence electrons. The van der Waals surface area contributed by atoms with Crippen molar-refractivity contribution in [3.05, 3.63) is 35.9 Å². The second kappa shape index (κ2) is 6.81. The molecule has 3 rings (SSSR count). The van der Waals surface area contributed by atoms with Gasteiger partial charge in [0.15, 0.2) is 0 Å². The summed E-state index contributed by atoms with van der Waals surface area (Å²) in [6.07, 6.45) is 2.94. The van der Waals surface area contributed by atoms with Crippen molar-refractivity contribution in [2.75, 3.05) is 5.32 Å². The molecular weight excluding hydrogens is 320 g/mol. The van der Waals surface area contributed by atoms with Crippen molar-refractivity contribution in [1.29, 1.82) is 0 Å². The zero-order valence-corrected chi connectivity index (χ0v) is 13.0. The minimum Gasteiger partial charge on any atom is -0.433 e. The topological polar surface area (TPSA) is 81.1 Å². The van der Waals surface area contributed by atoms with Gasteiger partial charge in [-0.25, -0.2) is 14.5 Å². The average molecular weight is 337 g/mol. The number of nitrogens with one attached hydrogen (secondary N) is 2. The summed E-state index contributed by atoms with van der Waals surface area (Å²) in [7, 11) is 0. The van der Waals surface area contributed by atoms with Gasteiger partial charge in [-0.2, -0.15) is 13.9 Å². The van der Waals surface area contributed by atoms with Crippen molar-refractivity contribution in [3.63, 3.8) is 0 Å². The summed E-state index contributed by atoms with van der Waals surface area (Å²) in [6, 6.07) is 4.09. The first-order valence-electron chi connectivity index (χ1n) is 7.51. The fourth-order valence-electron chi connectivity index (χ4n) is 2.69. The van der Waals surface area contributed by atoms with Crippen molar-refractivity contribution in [3.8, 4) is 5.75 Å². The van der Waals surface area contributed by atoms with E-state index in [0.29, 0.717) is 12.1 Å². The number of amides is 2. The van der Waals surface area contributed by atoms with Crippen molar-refractivity contribution in [1.82, 2.24) is 20.1 Å². The molecule has 0 fully saturated rings. The van der Waals surface area contributed by atoms with Gasteiger partial charge in [0.25, 0.3) is 0 Å². The summed E-state index contributed by atoms with van der Waals surface area (Å²) < 4.78 is 31.2. The van der Waals surface area contributed by atoms with E-state index in [1.54, 1.807) is 23.7 Å². The van der Waals surface area contributed by atoms with Gasteiger partial charge >= 0.3 is 12.6 Å². The molecule has 0 radical (unpaired) electrons. The molecule has 0 saturated carbocycles. The quantitative estimate of drug-likeness (QED) is 0.897. The summed E-state index contributed by atoms with van der Waals surface area (Å²) in [5.74, 6) is 0.822. The number of para-hydroxylation sites is 1. The molecule has 2 N–H and O–H groups in total. The zero-order valence-electron chi connectivity index (χ0n) is 13.0. The van der Waals surface area contributed by atoms with E-state index in [2.05, 4.69) is 25.5 Å². The minimum atomic E-state index is -2.96. The first-order chi connectivity index (χ1) is 11.5. The molecule has 1 aromatic carbocycles. The summed E-state index contributed by atoms with van der Waals surface area (Å²) in [5, 5.41) is 9.51. The molecule has 1 atom stereocenters. The van der Waals surface area contributed by atoms with E-state index in [-0.39, 0.29) is 17.5 Å². The van der Waals surface area contributed by atoms with Gasteiger partial charge in [-0.15, -0.1) is 0 Å². The number of hydrogen-bond acceptors (Lipinski definition) is 4. The summed E-state index contributed by atoms with van der Waals surface area (Å²) in [5.41, 5.74) is 0.859. The van der Waals surface area contributed by atoms with Gasteiger partial charge in [0.1, 0.15) is 17.9 Å². The Bertz CT molecular complexity index is 734. The molecule has 0 bridgehead atoms. The number of aromatic nitrogens is 3. The van der Waals surface area contributed by atoms with E-state index >= 15 is 0 Å². The lowest BCUT2D eigenvalue weighted by Gasteiger charge is -2.24. The number of nitrogens with zero attached hydrogens (tertiary/aromatic N) is 3. The Morgan fingerprint density at radius 3 is 3.08 bits per heavy atom. The fourth-order valence-corrected chi connectivity index (χ4v) is 2.69. The maximum absolute atomic E-state index is 12.5. The number of anilines is 1. The van der Waals surface area contributed by atoms with Crippen LogP contribution in [0.4, 0.5) is 19.3 Å². The van der Waals surface area contributed by atoms with E-state index in [1.807, 2.05) is 0 Å². The lowest BCUT2D eigenvalue weighted by Crippen LogP contribution is -2.43. The van der Waals surface area contributed by atoms with Crippen LogP contribution in [0.3, 0.4) is 0 Å². The van der Waals surface area contributed by atoms with Gasteiger partial charge < -0.3 is 15.4 Å². The molecule has 1 aliphatic rings. The SMILES string of the molecule is Cc1cccc(OC(F)F)c1NC(=O)N[C@@H]1CCc2ncnn2C1. The zero-order chi connectivity index (χ0) is 17.1. The molecule has 2 aromatic rings. The molecule has 1 aliphatic heterocycles. The van der Waals surface area contributed by atoms with E-state index in [0.717, 1.165) is 18.7 Å². The molecule has 24 heavy (non-hydrogen) atoms. The van der Waals surface area contributed by atoms with Crippen LogP contribution in [0.1, 0.15) is 17.8 Å². The highest BCUT2D eigenvalue weighted by Crippen LogP contribution is 2.29. The van der Waals surface area contributed by atoms with Crippen LogP contribution in [0.15, 0.2) is 24.5 Å². The second-order valence-electron chi connectivity index (χ2n) is 5.52. The maximum atomic E-state index is 12.5. The number of hydrogen-bond donors (Lipinski definition) is 2. The van der Waals surface area contributed by atoms with E-state index in [4.69, 9.17) is 0 Å². The number of ether oxygens (including phenoxy) is 1. The van der Waals surface area contributed by atoms with Crippen molar-refractivity contribution in [2.45, 2.75) is 39.0 Å². The standard InChI is InChI=1S/C15H17F2N5O2/c1-9-3-2-4-11(24-14(16)17)13(9)21-15(23)20-10-5-6-12-18-8-19-22(12)7-10/h2-4,8,10,14H,5-7H2,1H3,(H2,20,21,23)/t10-/m1/s1. The maximum Gasteiger partial charge on any atom is 0.387 e. The Hall–Kier alpha value is -2.71. The number of rotatable bonds is 4. The molecule has 7 nitrogen and oxygen atoms in total. The molecule has 0 spiro atoms. The molecule has 2 amide bonds. The molecule has 9 heteroatoms. The highest BCUT2D eigenvalue weighted by Gasteiger charge is 2.22. The van der Waals surface area contributed by atoms with Gasteiger partial charge in [-0.1, -0.05) is 12.1 Å². The summed E-state index contributed by atoms with van der Waals surface area (Å²) >= 11 is 0. The van der Waals surface area contributed by atoms with E-state index in [9.17, 15) is 13.6 Å². The predicted octanol–water partition coefficient (Wildman–Crippen LogP) is 2.32. The Morgan fingerprint density at radius 1 is 1.46 bits per heavy atom. The van der Waals surface area contributed by atoms with Crippen LogP contribution in [-0.4, -0.2) is 33.4 Å². The molecule has 0 aliphatic carbocycles. The van der Waals surface area contributed by atoms with Gasteiger partial charge in [0.05, 0.1) is 18.3 Å². The van der Waals surface area contributed by atoms with Gasteiger partial charge in [0.2, 0.25) is 0 Å². The van der Waals surface area contributed by atoms with Crippen molar-refractivity contribution < 1.29 is 18.3 Å². The van der Waals surface area contributed by atoms with E-state index in [1.165, 1.54) is 12.4 Å². The van der Waals surface area contributed by atoms with Gasteiger partial charge in [0, 0.05) is 6.42 Å². The number of urea groups is 1. The molecule has 1 aromatic heterocycles. The number of benzene rings is 1. The first kappa shape index (κ1) is 16.2. The van der Waals surface area contributed by atoms with E-state index < -0.39 is 12.6 Å². The first-order valence-corrected chi connectivity index (χ1v) is 7.51. The van der Waals surface area contributed by atoms with Crippen molar-refractivity contribution in [2.24, 2.45) is 0 Å². The fraction of sp³-hybridized carbons (Fsp3) is 0.400. The van der Waals surface area contributed by atoms with Crippen LogP contribution in [0, 0.1) is 6.92 Å². The van der Waals surface area contributed by atoms with Gasteiger partial charge in [-0.05, 0) is 25.0 Å². The van der Waals surface area contributed by atoms with Crippen LogP contribution in [0.5, 0.6) is 5.75 Å². The number of aryl methyl sites for hydroxylation is 2. The van der Waals surface area contributed by atoms with Crippen LogP contribution in [-0.2, 0) is 13.0 Å². The van der Waals surface area contributed by atoms with Gasteiger partial charge in [-0.3, -0.25) is 0 Å². The monoisotopic (exact) mass is 337 g/mol.